The summed E-state index contributed by atoms with van der Waals surface area (Å²) in [5.41, 5.74) is 0.606. The zero-order chi connectivity index (χ0) is 37.0. The van der Waals surface area contributed by atoms with Crippen molar-refractivity contribution in [1.82, 2.24) is 10.2 Å². The molecule has 2 aliphatic rings. The summed E-state index contributed by atoms with van der Waals surface area (Å²) in [4.78, 5) is 73.2. The third kappa shape index (κ3) is 11.5. The van der Waals surface area contributed by atoms with Crippen LogP contribution in [0.1, 0.15) is 58.4 Å². The summed E-state index contributed by atoms with van der Waals surface area (Å²) >= 11 is 0. The first-order valence-corrected chi connectivity index (χ1v) is 16.4. The Hall–Kier alpha value is -4.64. The highest BCUT2D eigenvalue weighted by atomic mass is 16.7. The van der Waals surface area contributed by atoms with Crippen LogP contribution >= 0.6 is 0 Å². The van der Waals surface area contributed by atoms with Crippen LogP contribution in [-0.4, -0.2) is 111 Å². The lowest BCUT2D eigenvalue weighted by Crippen LogP contribution is -2.61. The summed E-state index contributed by atoms with van der Waals surface area (Å²) < 4.78 is 16.2. The van der Waals surface area contributed by atoms with Crippen molar-refractivity contribution in [3.05, 3.63) is 42.0 Å². The number of aliphatic carboxylic acids is 1. The molecule has 3 rings (SSSR count). The van der Waals surface area contributed by atoms with E-state index in [9.17, 15) is 49.2 Å². The van der Waals surface area contributed by atoms with Crippen LogP contribution in [0.25, 0.3) is 6.08 Å². The maximum Gasteiger partial charge on any atom is 0.335 e. The molecule has 50 heavy (non-hydrogen) atoms. The number of ether oxygens (including phenoxy) is 3. The Morgan fingerprint density at radius 1 is 0.940 bits per heavy atom. The standard InChI is InChI=1S/C34H45N3O13/c1-19(2)20(3)33(47)48-17-7-8-21-10-11-23(49-34-30(44)28(42)29(43)31(50-34)32(45)46)22(18-21)36-25(39)14-15-35-24(38)9-5-4-6-16-37-26(40)12-13-27(37)41/h7-8,10-13,18-20,28-31,34,42-44H,4-6,9,14-17H2,1-3H3,(H,35,38)(H,36,39)(H,45,46)/b8-7+/t20?,28-,29-,30+,31-,34+/m0/s1. The Labute approximate surface area is 289 Å². The van der Waals surface area contributed by atoms with Gasteiger partial charge in [0.05, 0.1) is 11.6 Å². The van der Waals surface area contributed by atoms with E-state index < -0.39 is 42.6 Å². The number of carboxylic acids is 1. The molecule has 1 saturated heterocycles. The van der Waals surface area contributed by atoms with Crippen LogP contribution in [-0.2, 0) is 38.2 Å². The highest BCUT2D eigenvalue weighted by molar-refractivity contribution is 6.12. The molecule has 0 aliphatic carbocycles. The van der Waals surface area contributed by atoms with E-state index >= 15 is 0 Å². The average Bonchev–Trinajstić information content (AvgIpc) is 3.39. The number of esters is 1. The Kier molecular flexibility index (Phi) is 15.1. The molecule has 4 amide bonds. The first kappa shape index (κ1) is 39.8. The molecule has 1 aromatic carbocycles. The third-order valence-electron chi connectivity index (χ3n) is 8.20. The molecule has 0 aromatic heterocycles. The molecule has 1 unspecified atom stereocenters. The van der Waals surface area contributed by atoms with Crippen molar-refractivity contribution in [3.63, 3.8) is 0 Å². The fourth-order valence-electron chi connectivity index (χ4n) is 4.84. The molecule has 2 heterocycles. The summed E-state index contributed by atoms with van der Waals surface area (Å²) in [7, 11) is 0. The van der Waals surface area contributed by atoms with Crippen LogP contribution in [0, 0.1) is 11.8 Å². The van der Waals surface area contributed by atoms with Crippen molar-refractivity contribution in [2.24, 2.45) is 11.8 Å². The molecule has 16 nitrogen and oxygen atoms in total. The molecule has 274 valence electrons. The minimum Gasteiger partial charge on any atom is -0.479 e. The molecule has 1 fully saturated rings. The molecular weight excluding hydrogens is 658 g/mol. The van der Waals surface area contributed by atoms with Gasteiger partial charge >= 0.3 is 11.9 Å². The van der Waals surface area contributed by atoms with E-state index in [2.05, 4.69) is 10.6 Å². The molecule has 0 spiro atoms. The second-order valence-electron chi connectivity index (χ2n) is 12.3. The van der Waals surface area contributed by atoms with Crippen molar-refractivity contribution < 1.29 is 63.4 Å². The normalized spacial score (nSPS) is 22.5. The van der Waals surface area contributed by atoms with Gasteiger partial charge in [0, 0.05) is 38.1 Å². The number of benzene rings is 1. The largest absolute Gasteiger partial charge is 0.479 e. The van der Waals surface area contributed by atoms with E-state index in [-0.39, 0.29) is 79.5 Å². The number of hydrogen-bond acceptors (Lipinski definition) is 12. The summed E-state index contributed by atoms with van der Waals surface area (Å²) in [5.74, 6) is -3.72. The fourth-order valence-corrected chi connectivity index (χ4v) is 4.84. The van der Waals surface area contributed by atoms with Gasteiger partial charge < -0.3 is 45.3 Å². The van der Waals surface area contributed by atoms with Crippen LogP contribution in [0.4, 0.5) is 5.69 Å². The summed E-state index contributed by atoms with van der Waals surface area (Å²) in [6.07, 6.45) is -1.95. The van der Waals surface area contributed by atoms with Gasteiger partial charge in [-0.15, -0.1) is 0 Å². The monoisotopic (exact) mass is 703 g/mol. The number of unbranched alkanes of at least 4 members (excludes halogenated alkanes) is 2. The zero-order valence-corrected chi connectivity index (χ0v) is 28.2. The van der Waals surface area contributed by atoms with E-state index in [0.717, 1.165) is 4.90 Å². The van der Waals surface area contributed by atoms with Gasteiger partial charge in [-0.05, 0) is 42.5 Å². The van der Waals surface area contributed by atoms with Gasteiger partial charge in [-0.2, -0.15) is 0 Å². The lowest BCUT2D eigenvalue weighted by molar-refractivity contribution is -0.271. The van der Waals surface area contributed by atoms with Crippen LogP contribution in [0.5, 0.6) is 5.75 Å². The summed E-state index contributed by atoms with van der Waals surface area (Å²) in [6, 6.07) is 4.46. The van der Waals surface area contributed by atoms with E-state index in [1.54, 1.807) is 25.1 Å². The fraction of sp³-hybridized carbons (Fsp3) is 0.529. The number of carbonyl (C=O) groups excluding carboxylic acids is 5. The lowest BCUT2D eigenvalue weighted by Gasteiger charge is -2.38. The van der Waals surface area contributed by atoms with E-state index in [4.69, 9.17) is 14.2 Å². The Balaban J connectivity index is 1.59. The number of carbonyl (C=O) groups is 6. The summed E-state index contributed by atoms with van der Waals surface area (Å²) in [6.45, 7) is 5.85. The van der Waals surface area contributed by atoms with Gasteiger partial charge in [0.2, 0.25) is 18.1 Å². The summed E-state index contributed by atoms with van der Waals surface area (Å²) in [5, 5.41) is 45.3. The number of carboxylic acid groups (broad SMARTS) is 1. The Morgan fingerprint density at radius 2 is 1.64 bits per heavy atom. The number of anilines is 1. The van der Waals surface area contributed by atoms with Gasteiger partial charge in [-0.25, -0.2) is 4.79 Å². The Bertz CT molecular complexity index is 1440. The van der Waals surface area contributed by atoms with Crippen molar-refractivity contribution in [1.29, 1.82) is 0 Å². The SMILES string of the molecule is CC(C)C(C)C(=O)OC/C=C/c1ccc(O[C@@H]2O[C@H](C(=O)O)[C@@H](O)[C@H](O)[C@H]2O)c(NC(=O)CCNC(=O)CCCCCN2C(=O)C=CC2=O)c1. The van der Waals surface area contributed by atoms with Crippen molar-refractivity contribution in [3.8, 4) is 5.75 Å². The highest BCUT2D eigenvalue weighted by Crippen LogP contribution is 2.31. The van der Waals surface area contributed by atoms with Gasteiger partial charge in [-0.3, -0.25) is 28.9 Å². The molecule has 6 N–H and O–H groups in total. The topological polar surface area (TPSA) is 238 Å². The second kappa shape index (κ2) is 18.9. The molecule has 0 bridgehead atoms. The lowest BCUT2D eigenvalue weighted by atomic mass is 9.99. The van der Waals surface area contributed by atoms with E-state index in [1.807, 2.05) is 13.8 Å². The molecule has 2 aliphatic heterocycles. The smallest absolute Gasteiger partial charge is 0.335 e. The predicted molar refractivity (Wildman–Crippen MR) is 176 cm³/mol. The van der Waals surface area contributed by atoms with Crippen LogP contribution in [0.15, 0.2) is 36.4 Å². The average molecular weight is 704 g/mol. The molecule has 6 atom stereocenters. The first-order valence-electron chi connectivity index (χ1n) is 16.4. The Morgan fingerprint density at radius 3 is 2.30 bits per heavy atom. The zero-order valence-electron chi connectivity index (χ0n) is 28.2. The maximum absolute atomic E-state index is 12.9. The number of rotatable bonds is 18. The predicted octanol–water partition coefficient (Wildman–Crippen LogP) is 0.736. The minimum absolute atomic E-state index is 0.00209. The molecular formula is C34H45N3O13. The maximum atomic E-state index is 12.9. The van der Waals surface area contributed by atoms with Crippen molar-refractivity contribution >= 4 is 47.3 Å². The molecule has 0 saturated carbocycles. The van der Waals surface area contributed by atoms with Crippen molar-refractivity contribution in [2.45, 2.75) is 83.6 Å². The van der Waals surface area contributed by atoms with Gasteiger partial charge in [0.1, 0.15) is 30.7 Å². The van der Waals surface area contributed by atoms with Gasteiger partial charge in [0.15, 0.2) is 6.10 Å². The van der Waals surface area contributed by atoms with Crippen LogP contribution in [0.3, 0.4) is 0 Å². The third-order valence-corrected chi connectivity index (χ3v) is 8.20. The second-order valence-corrected chi connectivity index (χ2v) is 12.3. The quantitative estimate of drug-likeness (QED) is 0.0704. The number of nitrogens with one attached hydrogen (secondary N) is 2. The molecule has 0 radical (unpaired) electrons. The van der Waals surface area contributed by atoms with E-state index in [1.165, 1.54) is 24.3 Å². The number of hydrogen-bond donors (Lipinski definition) is 6. The van der Waals surface area contributed by atoms with Crippen LogP contribution < -0.4 is 15.4 Å². The number of aliphatic hydroxyl groups is 3. The van der Waals surface area contributed by atoms with Crippen LogP contribution in [0.2, 0.25) is 0 Å². The number of nitrogens with zero attached hydrogens (tertiary/aromatic N) is 1. The van der Waals surface area contributed by atoms with Crippen molar-refractivity contribution in [2.75, 3.05) is 25.0 Å². The highest BCUT2D eigenvalue weighted by Gasteiger charge is 2.48. The van der Waals surface area contributed by atoms with Gasteiger partial charge in [-0.1, -0.05) is 39.3 Å². The number of imide groups is 1. The first-order chi connectivity index (χ1) is 23.7. The van der Waals surface area contributed by atoms with Gasteiger partial charge in [0.25, 0.3) is 11.8 Å². The number of amides is 4. The molecule has 16 heteroatoms. The number of aliphatic hydroxyl groups excluding tert-OH is 3. The minimum atomic E-state index is -1.93. The van der Waals surface area contributed by atoms with E-state index in [0.29, 0.717) is 24.8 Å². The molecule has 1 aromatic rings.